The van der Waals surface area contributed by atoms with Crippen molar-refractivity contribution in [3.05, 3.63) is 59.7 Å². The minimum Gasteiger partial charge on any atom is -0.192 e. The maximum absolute atomic E-state index is 8.92. The van der Waals surface area contributed by atoms with Crippen LogP contribution in [0.25, 0.3) is 11.1 Å². The average molecular weight is 329 g/mol. The van der Waals surface area contributed by atoms with Gasteiger partial charge in [-0.2, -0.15) is 5.26 Å². The summed E-state index contributed by atoms with van der Waals surface area (Å²) in [6.45, 7) is 0. The van der Waals surface area contributed by atoms with Crippen LogP contribution in [0.2, 0.25) is 0 Å². The van der Waals surface area contributed by atoms with Gasteiger partial charge >= 0.3 is 0 Å². The number of hydrogen-bond acceptors (Lipinski definition) is 1. The maximum Gasteiger partial charge on any atom is 0.0991 e. The second kappa shape index (κ2) is 7.44. The van der Waals surface area contributed by atoms with E-state index in [-0.39, 0.29) is 0 Å². The van der Waals surface area contributed by atoms with Crippen molar-refractivity contribution in [1.29, 1.82) is 5.26 Å². The van der Waals surface area contributed by atoms with E-state index in [0.717, 1.165) is 23.3 Å². The Bertz CT molecular complexity index is 721. The van der Waals surface area contributed by atoms with Crippen molar-refractivity contribution in [2.24, 2.45) is 11.8 Å². The molecule has 0 spiro atoms. The molecule has 2 saturated carbocycles. The molecule has 1 heteroatoms. The van der Waals surface area contributed by atoms with Gasteiger partial charge in [0.05, 0.1) is 11.6 Å². The van der Waals surface area contributed by atoms with Crippen molar-refractivity contribution >= 4 is 0 Å². The van der Waals surface area contributed by atoms with Crippen molar-refractivity contribution in [2.45, 2.75) is 57.3 Å². The second-order valence-electron chi connectivity index (χ2n) is 7.97. The molecule has 0 N–H and O–H groups in total. The molecule has 1 nitrogen and oxygen atoms in total. The molecule has 0 aromatic heterocycles. The molecule has 0 unspecified atom stereocenters. The zero-order valence-electron chi connectivity index (χ0n) is 15.0. The molecular weight excluding hydrogens is 302 g/mol. The lowest BCUT2D eigenvalue weighted by Crippen LogP contribution is -2.19. The average Bonchev–Trinajstić information content (AvgIpc) is 3.23. The summed E-state index contributed by atoms with van der Waals surface area (Å²) in [5.74, 6) is 2.81. The van der Waals surface area contributed by atoms with Crippen molar-refractivity contribution in [3.63, 3.8) is 0 Å². The van der Waals surface area contributed by atoms with Crippen LogP contribution in [0, 0.1) is 23.2 Å². The minimum atomic E-state index is 0.722. The number of hydrogen-bond donors (Lipinski definition) is 0. The predicted molar refractivity (Wildman–Crippen MR) is 103 cm³/mol. The Morgan fingerprint density at radius 2 is 1.16 bits per heavy atom. The van der Waals surface area contributed by atoms with Gasteiger partial charge in [-0.3, -0.25) is 0 Å². The summed E-state index contributed by atoms with van der Waals surface area (Å²) in [4.78, 5) is 0. The van der Waals surface area contributed by atoms with Gasteiger partial charge in [0.15, 0.2) is 0 Å². The zero-order valence-corrected chi connectivity index (χ0v) is 15.0. The van der Waals surface area contributed by atoms with E-state index in [1.807, 2.05) is 24.3 Å². The monoisotopic (exact) mass is 329 g/mol. The highest BCUT2D eigenvalue weighted by Crippen LogP contribution is 2.43. The molecule has 2 aliphatic rings. The van der Waals surface area contributed by atoms with Gasteiger partial charge in [-0.25, -0.2) is 0 Å². The number of nitriles is 1. The van der Waals surface area contributed by atoms with Gasteiger partial charge in [-0.1, -0.05) is 62.1 Å². The summed E-state index contributed by atoms with van der Waals surface area (Å²) in [7, 11) is 0. The lowest BCUT2D eigenvalue weighted by atomic mass is 9.73. The Balaban J connectivity index is 1.39. The first-order valence-electron chi connectivity index (χ1n) is 9.94. The largest absolute Gasteiger partial charge is 0.192 e. The SMILES string of the molecule is N#Cc1ccc(-c2ccc(C3CCC(C4CCCC4)CC3)cc2)cc1. The van der Waals surface area contributed by atoms with Gasteiger partial charge in [-0.15, -0.1) is 0 Å². The standard InChI is InChI=1S/C24H27N/c25-17-18-5-7-20(8-6-18)22-13-15-24(16-14-22)23-11-9-21(10-12-23)19-3-1-2-4-19/h5-8,13-16,19,21,23H,1-4,9-12H2. The second-order valence-corrected chi connectivity index (χ2v) is 7.97. The summed E-state index contributed by atoms with van der Waals surface area (Å²) in [6.07, 6.45) is 11.6. The first-order valence-corrected chi connectivity index (χ1v) is 9.94. The predicted octanol–water partition coefficient (Wildman–Crippen LogP) is 6.69. The molecule has 25 heavy (non-hydrogen) atoms. The van der Waals surface area contributed by atoms with Crippen LogP contribution in [0.5, 0.6) is 0 Å². The quantitative estimate of drug-likeness (QED) is 0.615. The van der Waals surface area contributed by atoms with E-state index < -0.39 is 0 Å². The molecule has 0 heterocycles. The lowest BCUT2D eigenvalue weighted by molar-refractivity contribution is 0.235. The Labute approximate surface area is 151 Å². The zero-order chi connectivity index (χ0) is 17.1. The Morgan fingerprint density at radius 3 is 1.72 bits per heavy atom. The third-order valence-corrected chi connectivity index (χ3v) is 6.57. The highest BCUT2D eigenvalue weighted by Gasteiger charge is 2.29. The van der Waals surface area contributed by atoms with E-state index in [1.165, 1.54) is 68.1 Å². The van der Waals surface area contributed by atoms with Crippen molar-refractivity contribution in [2.75, 3.05) is 0 Å². The molecule has 0 atom stereocenters. The van der Waals surface area contributed by atoms with E-state index in [0.29, 0.717) is 0 Å². The third-order valence-electron chi connectivity index (χ3n) is 6.57. The Hall–Kier alpha value is -2.07. The molecule has 2 aromatic rings. The van der Waals surface area contributed by atoms with Crippen LogP contribution in [-0.4, -0.2) is 0 Å². The van der Waals surface area contributed by atoms with Gasteiger partial charge in [0.2, 0.25) is 0 Å². The van der Waals surface area contributed by atoms with Crippen LogP contribution >= 0.6 is 0 Å². The minimum absolute atomic E-state index is 0.722. The van der Waals surface area contributed by atoms with E-state index in [1.54, 1.807) is 0 Å². The van der Waals surface area contributed by atoms with Crippen LogP contribution in [-0.2, 0) is 0 Å². The number of nitrogens with zero attached hydrogens (tertiary/aromatic N) is 1. The van der Waals surface area contributed by atoms with E-state index in [4.69, 9.17) is 5.26 Å². The fourth-order valence-electron chi connectivity index (χ4n) is 5.04. The number of rotatable bonds is 3. The Morgan fingerprint density at radius 1 is 0.640 bits per heavy atom. The summed E-state index contributed by atoms with van der Waals surface area (Å²) in [5.41, 5.74) is 4.67. The van der Waals surface area contributed by atoms with Gasteiger partial charge in [0, 0.05) is 0 Å². The highest BCUT2D eigenvalue weighted by atomic mass is 14.3. The van der Waals surface area contributed by atoms with Crippen LogP contribution in [0.3, 0.4) is 0 Å². The summed E-state index contributed by atoms with van der Waals surface area (Å²) in [5, 5.41) is 8.92. The molecule has 2 aromatic carbocycles. The normalized spacial score (nSPS) is 24.1. The molecule has 2 aliphatic carbocycles. The third kappa shape index (κ3) is 3.64. The number of benzene rings is 2. The molecule has 0 saturated heterocycles. The molecular formula is C24H27N. The van der Waals surface area contributed by atoms with Gasteiger partial charge in [0.25, 0.3) is 0 Å². The molecule has 0 radical (unpaired) electrons. The van der Waals surface area contributed by atoms with Gasteiger partial charge in [0.1, 0.15) is 0 Å². The fourth-order valence-corrected chi connectivity index (χ4v) is 5.04. The van der Waals surface area contributed by atoms with Gasteiger partial charge < -0.3 is 0 Å². The smallest absolute Gasteiger partial charge is 0.0991 e. The Kier molecular flexibility index (Phi) is 4.88. The van der Waals surface area contributed by atoms with E-state index in [2.05, 4.69) is 30.3 Å². The molecule has 0 amide bonds. The summed E-state index contributed by atoms with van der Waals surface area (Å²) in [6, 6.07) is 19.2. The molecule has 0 bridgehead atoms. The van der Waals surface area contributed by atoms with E-state index in [9.17, 15) is 0 Å². The topological polar surface area (TPSA) is 23.8 Å². The van der Waals surface area contributed by atoms with Crippen LogP contribution in [0.15, 0.2) is 48.5 Å². The van der Waals surface area contributed by atoms with Crippen LogP contribution < -0.4 is 0 Å². The lowest BCUT2D eigenvalue weighted by Gasteiger charge is -2.32. The van der Waals surface area contributed by atoms with Crippen molar-refractivity contribution in [1.82, 2.24) is 0 Å². The molecule has 128 valence electrons. The van der Waals surface area contributed by atoms with Crippen LogP contribution in [0.1, 0.15) is 68.4 Å². The molecule has 0 aliphatic heterocycles. The summed E-state index contributed by atoms with van der Waals surface area (Å²) < 4.78 is 0. The van der Waals surface area contributed by atoms with Crippen molar-refractivity contribution in [3.8, 4) is 17.2 Å². The van der Waals surface area contributed by atoms with Gasteiger partial charge in [-0.05, 0) is 72.3 Å². The first kappa shape index (κ1) is 16.4. The molecule has 4 rings (SSSR count). The van der Waals surface area contributed by atoms with E-state index >= 15 is 0 Å². The maximum atomic E-state index is 8.92. The first-order chi connectivity index (χ1) is 12.3. The molecule has 2 fully saturated rings. The van der Waals surface area contributed by atoms with Crippen molar-refractivity contribution < 1.29 is 0 Å². The van der Waals surface area contributed by atoms with Crippen LogP contribution in [0.4, 0.5) is 0 Å². The fraction of sp³-hybridized carbons (Fsp3) is 0.458. The summed E-state index contributed by atoms with van der Waals surface area (Å²) >= 11 is 0. The highest BCUT2D eigenvalue weighted by molar-refractivity contribution is 5.64.